The zero-order valence-corrected chi connectivity index (χ0v) is 20.6. The lowest BCUT2D eigenvalue weighted by Gasteiger charge is -2.28. The summed E-state index contributed by atoms with van der Waals surface area (Å²) >= 11 is 0. The molecule has 8 rings (SSSR count). The fraction of sp³-hybridized carbons (Fsp3) is 0.0588. The van der Waals surface area contributed by atoms with Crippen LogP contribution in [0.5, 0.6) is 0 Å². The van der Waals surface area contributed by atoms with Gasteiger partial charge in [-0.15, -0.1) is 0 Å². The van der Waals surface area contributed by atoms with Crippen LogP contribution >= 0.6 is 0 Å². The molecule has 2 atom stereocenters. The van der Waals surface area contributed by atoms with Crippen LogP contribution in [0.4, 0.5) is 11.4 Å². The topological polar surface area (TPSA) is 33.4 Å². The number of fused-ring (bicyclic) bond motifs is 6. The molecule has 1 aliphatic carbocycles. The van der Waals surface area contributed by atoms with E-state index in [1.54, 1.807) is 0 Å². The van der Waals surface area contributed by atoms with Gasteiger partial charge in [-0.2, -0.15) is 5.10 Å². The maximum atomic E-state index is 4.83. The minimum atomic E-state index is 0.312. The molecule has 0 saturated heterocycles. The van der Waals surface area contributed by atoms with E-state index in [-0.39, 0.29) is 0 Å². The largest absolute Gasteiger partial charge is 0.333 e. The van der Waals surface area contributed by atoms with Crippen LogP contribution in [0.15, 0.2) is 134 Å². The van der Waals surface area contributed by atoms with Gasteiger partial charge in [0, 0.05) is 40.0 Å². The molecule has 0 spiro atoms. The maximum absolute atomic E-state index is 4.83. The number of para-hydroxylation sites is 2. The number of anilines is 2. The molecule has 0 fully saturated rings. The predicted molar refractivity (Wildman–Crippen MR) is 155 cm³/mol. The predicted octanol–water partition coefficient (Wildman–Crippen LogP) is 7.95. The minimum Gasteiger partial charge on any atom is -0.333 e. The molecule has 3 aromatic carbocycles. The summed E-state index contributed by atoms with van der Waals surface area (Å²) in [5, 5.41) is 5.83. The van der Waals surface area contributed by atoms with Gasteiger partial charge < -0.3 is 4.90 Å². The van der Waals surface area contributed by atoms with Crippen LogP contribution in [0.3, 0.4) is 0 Å². The molecule has 0 N–H and O–H groups in total. The normalized spacial score (nSPS) is 17.7. The molecule has 0 amide bonds. The van der Waals surface area contributed by atoms with E-state index in [1.165, 1.54) is 22.3 Å². The van der Waals surface area contributed by atoms with Crippen molar-refractivity contribution in [3.63, 3.8) is 0 Å². The van der Waals surface area contributed by atoms with Crippen molar-refractivity contribution in [2.45, 2.75) is 12.0 Å². The Morgan fingerprint density at radius 2 is 1.45 bits per heavy atom. The molecule has 0 saturated carbocycles. The first kappa shape index (κ1) is 21.2. The van der Waals surface area contributed by atoms with Crippen LogP contribution in [0.1, 0.15) is 11.5 Å². The monoisotopic (exact) mass is 488 g/mol. The Bertz CT molecular complexity index is 1880. The molecule has 6 aromatic rings. The molecule has 38 heavy (non-hydrogen) atoms. The number of hydrogen-bond acceptors (Lipinski definition) is 3. The molecule has 4 heteroatoms. The first-order chi connectivity index (χ1) is 18.8. The van der Waals surface area contributed by atoms with E-state index in [1.807, 2.05) is 23.0 Å². The Hall–Kier alpha value is -4.96. The van der Waals surface area contributed by atoms with Crippen molar-refractivity contribution in [2.75, 3.05) is 4.90 Å². The molecule has 0 radical (unpaired) electrons. The van der Waals surface area contributed by atoms with Crippen molar-refractivity contribution in [3.8, 4) is 22.4 Å². The summed E-state index contributed by atoms with van der Waals surface area (Å²) in [5.41, 5.74) is 10.3. The van der Waals surface area contributed by atoms with Gasteiger partial charge in [-0.3, -0.25) is 4.98 Å². The highest BCUT2D eigenvalue weighted by molar-refractivity contribution is 5.88. The van der Waals surface area contributed by atoms with E-state index in [9.17, 15) is 0 Å². The Balaban J connectivity index is 1.11. The Morgan fingerprint density at radius 3 is 2.34 bits per heavy atom. The maximum Gasteiger partial charge on any atom is 0.0763 e. The summed E-state index contributed by atoms with van der Waals surface area (Å²) < 4.78 is 2.00. The lowest BCUT2D eigenvalue weighted by molar-refractivity contribution is 0.745. The molecule has 2 unspecified atom stereocenters. The summed E-state index contributed by atoms with van der Waals surface area (Å²) in [4.78, 5) is 7.29. The van der Waals surface area contributed by atoms with E-state index >= 15 is 0 Å². The summed E-state index contributed by atoms with van der Waals surface area (Å²) in [5.74, 6) is 0.394. The molecular weight excluding hydrogens is 464 g/mol. The smallest absolute Gasteiger partial charge is 0.0763 e. The first-order valence-corrected chi connectivity index (χ1v) is 13.0. The van der Waals surface area contributed by atoms with Crippen molar-refractivity contribution in [1.82, 2.24) is 14.6 Å². The quantitative estimate of drug-likeness (QED) is 0.253. The third-order valence-corrected chi connectivity index (χ3v) is 7.87. The molecule has 180 valence electrons. The number of hydrogen-bond donors (Lipinski definition) is 0. The van der Waals surface area contributed by atoms with E-state index in [0.29, 0.717) is 12.0 Å². The second-order valence-electron chi connectivity index (χ2n) is 9.94. The molecule has 4 nitrogen and oxygen atoms in total. The van der Waals surface area contributed by atoms with Crippen LogP contribution in [0.25, 0.3) is 38.8 Å². The lowest BCUT2D eigenvalue weighted by atomic mass is 9.91. The number of nitrogens with zero attached hydrogens (tertiary/aromatic N) is 4. The van der Waals surface area contributed by atoms with E-state index in [4.69, 9.17) is 4.98 Å². The fourth-order valence-corrected chi connectivity index (χ4v) is 6.03. The molecule has 1 aliphatic heterocycles. The van der Waals surface area contributed by atoms with Gasteiger partial charge in [0.25, 0.3) is 0 Å². The average molecular weight is 489 g/mol. The van der Waals surface area contributed by atoms with Gasteiger partial charge in [-0.1, -0.05) is 85.0 Å². The zero-order chi connectivity index (χ0) is 25.1. The first-order valence-electron chi connectivity index (χ1n) is 13.0. The van der Waals surface area contributed by atoms with Crippen molar-refractivity contribution >= 4 is 27.8 Å². The fourth-order valence-electron chi connectivity index (χ4n) is 6.03. The SMILES string of the molecule is C1=CC2c3ccccc3N(c3ccc(-c4ccc(-c5cnn6c5ccc5ccccc56)nc4)cc3)C2C=C1. The van der Waals surface area contributed by atoms with Crippen LogP contribution in [-0.4, -0.2) is 20.6 Å². The molecular formula is C34H24N4. The van der Waals surface area contributed by atoms with E-state index in [0.717, 1.165) is 33.4 Å². The van der Waals surface area contributed by atoms with Crippen molar-refractivity contribution in [2.24, 2.45) is 0 Å². The average Bonchev–Trinajstić information content (AvgIpc) is 3.57. The molecule has 3 aromatic heterocycles. The minimum absolute atomic E-state index is 0.312. The van der Waals surface area contributed by atoms with Crippen LogP contribution in [-0.2, 0) is 0 Å². The molecule has 0 bridgehead atoms. The second kappa shape index (κ2) is 8.29. The highest BCUT2D eigenvalue weighted by Gasteiger charge is 2.36. The highest BCUT2D eigenvalue weighted by Crippen LogP contribution is 2.47. The number of pyridine rings is 2. The van der Waals surface area contributed by atoms with Gasteiger partial charge in [0.2, 0.25) is 0 Å². The summed E-state index contributed by atoms with van der Waals surface area (Å²) in [7, 11) is 0. The molecule has 4 heterocycles. The number of benzene rings is 3. The van der Waals surface area contributed by atoms with Gasteiger partial charge in [-0.05, 0) is 47.5 Å². The Morgan fingerprint density at radius 1 is 0.632 bits per heavy atom. The highest BCUT2D eigenvalue weighted by atomic mass is 15.2. The van der Waals surface area contributed by atoms with Crippen molar-refractivity contribution in [1.29, 1.82) is 0 Å². The third-order valence-electron chi connectivity index (χ3n) is 7.87. The van der Waals surface area contributed by atoms with E-state index < -0.39 is 0 Å². The van der Waals surface area contributed by atoms with Gasteiger partial charge in [-0.25, -0.2) is 4.52 Å². The Kier molecular flexibility index (Phi) is 4.61. The van der Waals surface area contributed by atoms with Gasteiger partial charge in [0.05, 0.1) is 29.0 Å². The zero-order valence-electron chi connectivity index (χ0n) is 20.6. The van der Waals surface area contributed by atoms with E-state index in [2.05, 4.69) is 125 Å². The number of aromatic nitrogens is 3. The summed E-state index contributed by atoms with van der Waals surface area (Å²) in [6.07, 6.45) is 12.8. The summed E-state index contributed by atoms with van der Waals surface area (Å²) in [6.45, 7) is 0. The second-order valence-corrected chi connectivity index (χ2v) is 9.94. The van der Waals surface area contributed by atoms with Crippen LogP contribution < -0.4 is 4.90 Å². The van der Waals surface area contributed by atoms with Gasteiger partial charge >= 0.3 is 0 Å². The number of allylic oxidation sites excluding steroid dienone is 2. The molecule has 2 aliphatic rings. The third kappa shape index (κ3) is 3.17. The van der Waals surface area contributed by atoms with Crippen molar-refractivity contribution < 1.29 is 0 Å². The van der Waals surface area contributed by atoms with Gasteiger partial charge in [0.15, 0.2) is 0 Å². The van der Waals surface area contributed by atoms with Crippen LogP contribution in [0.2, 0.25) is 0 Å². The van der Waals surface area contributed by atoms with Crippen LogP contribution in [0, 0.1) is 0 Å². The summed E-state index contributed by atoms with van der Waals surface area (Å²) in [6, 6.07) is 34.7. The Labute approximate surface area is 220 Å². The standard InChI is InChI=1S/C34H24N4/c1-4-10-31-24(7-1)16-20-34-29(22-36-38(31)34)30-19-15-25(21-35-30)23-13-17-26(18-14-23)37-32-11-5-2-8-27(32)28-9-3-6-12-33(28)37/h1-22,27,32H. The lowest BCUT2D eigenvalue weighted by Crippen LogP contribution is -2.28. The number of rotatable bonds is 3. The van der Waals surface area contributed by atoms with Gasteiger partial charge in [0.1, 0.15) is 0 Å². The van der Waals surface area contributed by atoms with Crippen molar-refractivity contribution in [3.05, 3.63) is 139 Å².